The Hall–Kier alpha value is -0.0400. The molecule has 0 radical (unpaired) electrons. The number of halogens is 1. The van der Waals surface area contributed by atoms with Gasteiger partial charge in [-0.25, -0.2) is 0 Å². The lowest BCUT2D eigenvalue weighted by Crippen LogP contribution is -2.44. The van der Waals surface area contributed by atoms with Gasteiger partial charge in [0.15, 0.2) is 5.96 Å². The van der Waals surface area contributed by atoms with Crippen molar-refractivity contribution < 1.29 is 0 Å². The highest BCUT2D eigenvalue weighted by molar-refractivity contribution is 14.0. The molecule has 0 spiro atoms. The number of hydrogen-bond acceptors (Lipinski definition) is 2. The highest BCUT2D eigenvalue weighted by Gasteiger charge is 2.25. The lowest BCUT2D eigenvalue weighted by Gasteiger charge is -2.32. The summed E-state index contributed by atoms with van der Waals surface area (Å²) in [5.41, 5.74) is 6.19. The molecule has 0 aromatic heterocycles. The van der Waals surface area contributed by atoms with Gasteiger partial charge in [0.1, 0.15) is 0 Å². The number of aliphatic imine (C=N–C) groups is 1. The first-order chi connectivity index (χ1) is 9.56. The second-order valence-corrected chi connectivity index (χ2v) is 7.08. The number of likely N-dealkylation sites (tertiary alicyclic amines) is 2. The number of nitrogens with two attached hydrogens (primary N) is 1. The van der Waals surface area contributed by atoms with Crippen LogP contribution in [0.2, 0.25) is 0 Å². The Morgan fingerprint density at radius 1 is 1.24 bits per heavy atom. The second kappa shape index (κ2) is 9.18. The maximum Gasteiger partial charge on any atom is 0.191 e. The fourth-order valence-electron chi connectivity index (χ4n) is 3.51. The van der Waals surface area contributed by atoms with E-state index < -0.39 is 0 Å². The van der Waals surface area contributed by atoms with Crippen molar-refractivity contribution in [3.05, 3.63) is 0 Å². The van der Waals surface area contributed by atoms with Crippen LogP contribution in [-0.4, -0.2) is 54.5 Å². The van der Waals surface area contributed by atoms with E-state index in [4.69, 9.17) is 10.7 Å². The van der Waals surface area contributed by atoms with Crippen molar-refractivity contribution in [3.63, 3.8) is 0 Å². The van der Waals surface area contributed by atoms with Crippen molar-refractivity contribution in [3.8, 4) is 0 Å². The molecule has 2 aliphatic rings. The summed E-state index contributed by atoms with van der Waals surface area (Å²) in [6.07, 6.45) is 5.17. The van der Waals surface area contributed by atoms with Gasteiger partial charge in [-0.1, -0.05) is 20.8 Å². The molecule has 0 amide bonds. The van der Waals surface area contributed by atoms with E-state index in [0.717, 1.165) is 37.4 Å². The number of piperidine rings is 1. The molecule has 2 aliphatic heterocycles. The van der Waals surface area contributed by atoms with E-state index in [1.807, 2.05) is 0 Å². The first-order valence-corrected chi connectivity index (χ1v) is 8.35. The van der Waals surface area contributed by atoms with Crippen LogP contribution in [0.5, 0.6) is 0 Å². The molecule has 5 heteroatoms. The Labute approximate surface area is 147 Å². The molecule has 2 fully saturated rings. The maximum absolute atomic E-state index is 6.19. The van der Waals surface area contributed by atoms with Gasteiger partial charge in [-0.15, -0.1) is 24.0 Å². The summed E-state index contributed by atoms with van der Waals surface area (Å²) in [6.45, 7) is 12.4. The second-order valence-electron chi connectivity index (χ2n) is 7.08. The van der Waals surface area contributed by atoms with Crippen LogP contribution in [0.1, 0.15) is 46.5 Å². The molecule has 1 unspecified atom stereocenters. The zero-order chi connectivity index (χ0) is 14.5. The summed E-state index contributed by atoms with van der Waals surface area (Å²) in [6, 6.07) is 0.609. The molecule has 0 aliphatic carbocycles. The average molecular weight is 408 g/mol. The Morgan fingerprint density at radius 2 is 1.95 bits per heavy atom. The fraction of sp³-hybridized carbons (Fsp3) is 0.938. The van der Waals surface area contributed by atoms with Crippen molar-refractivity contribution in [2.24, 2.45) is 22.6 Å². The molecule has 2 heterocycles. The van der Waals surface area contributed by atoms with Crippen molar-refractivity contribution in [2.75, 3.05) is 32.7 Å². The standard InChI is InChI=1S/C16H32N4.HI/c1-13(2)11-19-8-5-7-15(19)10-18-16(17)20-9-4-6-14(3)12-20;/h13-15H,4-12H2,1-3H3,(H2,17,18);1H/t14?,15-;/m1./s1. The average Bonchev–Trinajstić information content (AvgIpc) is 2.82. The van der Waals surface area contributed by atoms with Crippen LogP contribution < -0.4 is 5.73 Å². The van der Waals surface area contributed by atoms with Gasteiger partial charge >= 0.3 is 0 Å². The SMILES string of the molecule is CC(C)CN1CCC[C@@H]1CN=C(N)N1CCCC(C)C1.I. The number of hydrogen-bond donors (Lipinski definition) is 1. The molecular weight excluding hydrogens is 375 g/mol. The lowest BCUT2D eigenvalue weighted by atomic mass is 10.0. The first kappa shape index (κ1) is 19.0. The normalized spacial score (nSPS) is 28.0. The predicted molar refractivity (Wildman–Crippen MR) is 101 cm³/mol. The molecule has 124 valence electrons. The number of guanidine groups is 1. The van der Waals surface area contributed by atoms with E-state index in [1.165, 1.54) is 38.8 Å². The fourth-order valence-corrected chi connectivity index (χ4v) is 3.51. The minimum atomic E-state index is 0. The molecule has 0 saturated carbocycles. The van der Waals surface area contributed by atoms with Crippen LogP contribution in [0.15, 0.2) is 4.99 Å². The molecule has 2 rings (SSSR count). The quantitative estimate of drug-likeness (QED) is 0.442. The van der Waals surface area contributed by atoms with Gasteiger partial charge in [0.05, 0.1) is 6.54 Å². The van der Waals surface area contributed by atoms with E-state index in [9.17, 15) is 0 Å². The highest BCUT2D eigenvalue weighted by Crippen LogP contribution is 2.19. The lowest BCUT2D eigenvalue weighted by molar-refractivity contribution is 0.229. The van der Waals surface area contributed by atoms with Crippen LogP contribution in [0.25, 0.3) is 0 Å². The maximum atomic E-state index is 6.19. The molecule has 2 saturated heterocycles. The van der Waals surface area contributed by atoms with Gasteiger partial charge in [-0.3, -0.25) is 9.89 Å². The van der Waals surface area contributed by atoms with Crippen molar-refractivity contribution in [1.82, 2.24) is 9.80 Å². The smallest absolute Gasteiger partial charge is 0.191 e. The topological polar surface area (TPSA) is 44.9 Å². The molecule has 2 atom stereocenters. The zero-order valence-corrected chi connectivity index (χ0v) is 16.3. The largest absolute Gasteiger partial charge is 0.370 e. The summed E-state index contributed by atoms with van der Waals surface area (Å²) in [7, 11) is 0. The Kier molecular flexibility index (Phi) is 8.31. The van der Waals surface area contributed by atoms with Crippen LogP contribution in [-0.2, 0) is 0 Å². The van der Waals surface area contributed by atoms with E-state index in [2.05, 4.69) is 30.6 Å². The minimum absolute atomic E-state index is 0. The van der Waals surface area contributed by atoms with E-state index in [1.54, 1.807) is 0 Å². The summed E-state index contributed by atoms with van der Waals surface area (Å²) in [4.78, 5) is 9.57. The molecular formula is C16H33IN4. The molecule has 2 N–H and O–H groups in total. The van der Waals surface area contributed by atoms with Crippen molar-refractivity contribution >= 4 is 29.9 Å². The molecule has 0 bridgehead atoms. The third-order valence-corrected chi connectivity index (χ3v) is 4.54. The van der Waals surface area contributed by atoms with E-state index in [0.29, 0.717) is 6.04 Å². The molecule has 0 aromatic carbocycles. The Bertz CT molecular complexity index is 332. The third kappa shape index (κ3) is 5.93. The molecule has 21 heavy (non-hydrogen) atoms. The van der Waals surface area contributed by atoms with Crippen LogP contribution in [0.3, 0.4) is 0 Å². The van der Waals surface area contributed by atoms with Crippen LogP contribution >= 0.6 is 24.0 Å². The minimum Gasteiger partial charge on any atom is -0.370 e. The van der Waals surface area contributed by atoms with Gasteiger partial charge in [0.25, 0.3) is 0 Å². The van der Waals surface area contributed by atoms with Gasteiger partial charge in [0, 0.05) is 25.7 Å². The first-order valence-electron chi connectivity index (χ1n) is 8.35. The third-order valence-electron chi connectivity index (χ3n) is 4.54. The van der Waals surface area contributed by atoms with E-state index >= 15 is 0 Å². The van der Waals surface area contributed by atoms with Gasteiger partial charge in [-0.2, -0.15) is 0 Å². The number of nitrogens with zero attached hydrogens (tertiary/aromatic N) is 3. The van der Waals surface area contributed by atoms with Gasteiger partial charge in [0.2, 0.25) is 0 Å². The predicted octanol–water partition coefficient (Wildman–Crippen LogP) is 2.77. The highest BCUT2D eigenvalue weighted by atomic mass is 127. The summed E-state index contributed by atoms with van der Waals surface area (Å²) in [5.74, 6) is 2.26. The van der Waals surface area contributed by atoms with Gasteiger partial charge < -0.3 is 10.6 Å². The van der Waals surface area contributed by atoms with E-state index in [-0.39, 0.29) is 24.0 Å². The Balaban J connectivity index is 0.00000220. The zero-order valence-electron chi connectivity index (χ0n) is 13.9. The van der Waals surface area contributed by atoms with Crippen LogP contribution in [0.4, 0.5) is 0 Å². The summed E-state index contributed by atoms with van der Waals surface area (Å²) in [5, 5.41) is 0. The Morgan fingerprint density at radius 3 is 2.62 bits per heavy atom. The number of rotatable bonds is 4. The molecule has 4 nitrogen and oxygen atoms in total. The summed E-state index contributed by atoms with van der Waals surface area (Å²) < 4.78 is 0. The van der Waals surface area contributed by atoms with Gasteiger partial charge in [-0.05, 0) is 44.1 Å². The van der Waals surface area contributed by atoms with Crippen LogP contribution in [0, 0.1) is 11.8 Å². The molecule has 0 aromatic rings. The van der Waals surface area contributed by atoms with Crippen molar-refractivity contribution in [1.29, 1.82) is 0 Å². The van der Waals surface area contributed by atoms with Crippen molar-refractivity contribution in [2.45, 2.75) is 52.5 Å². The monoisotopic (exact) mass is 408 g/mol. The summed E-state index contributed by atoms with van der Waals surface area (Å²) >= 11 is 0.